The molecule has 2 bridgehead atoms. The van der Waals surface area contributed by atoms with E-state index in [0.29, 0.717) is 49.0 Å². The highest BCUT2D eigenvalue weighted by Gasteiger charge is 2.55. The molecule has 0 radical (unpaired) electrons. The molecule has 0 spiro atoms. The Morgan fingerprint density at radius 3 is 2.63 bits per heavy atom. The molecule has 3 fully saturated rings. The number of aliphatic hydroxyl groups excluding tert-OH is 1. The maximum absolute atomic E-state index is 13.7. The van der Waals surface area contributed by atoms with Gasteiger partial charge in [0.2, 0.25) is 0 Å². The van der Waals surface area contributed by atoms with Crippen molar-refractivity contribution in [3.63, 3.8) is 0 Å². The number of hydrogen-bond acceptors (Lipinski definition) is 5. The molecule has 0 aliphatic heterocycles. The van der Waals surface area contributed by atoms with Gasteiger partial charge in [-0.3, -0.25) is 9.59 Å². The summed E-state index contributed by atoms with van der Waals surface area (Å²) in [5.74, 6) is -0.759. The van der Waals surface area contributed by atoms with E-state index in [1.807, 2.05) is 29.7 Å². The fraction of sp³-hybridized carbons (Fsp3) is 0.423. The largest absolute Gasteiger partial charge is 0.484 e. The molecule has 35 heavy (non-hydrogen) atoms. The monoisotopic (exact) mass is 480 g/mol. The Hall–Kier alpha value is -3.46. The Kier molecular flexibility index (Phi) is 5.75. The minimum Gasteiger partial charge on any atom is -0.484 e. The van der Waals surface area contributed by atoms with Gasteiger partial charge >= 0.3 is 0 Å². The lowest BCUT2D eigenvalue weighted by Gasteiger charge is -2.56. The van der Waals surface area contributed by atoms with Gasteiger partial charge in [-0.2, -0.15) is 0 Å². The minimum atomic E-state index is -0.810. The normalized spacial score (nSPS) is 25.4. The van der Waals surface area contributed by atoms with Crippen molar-refractivity contribution in [1.29, 1.82) is 0 Å². The smallest absolute Gasteiger partial charge is 0.271 e. The fourth-order valence-electron chi connectivity index (χ4n) is 5.31. The maximum atomic E-state index is 13.7. The molecule has 1 atom stereocenters. The van der Waals surface area contributed by atoms with Gasteiger partial charge in [-0.05, 0) is 69.2 Å². The van der Waals surface area contributed by atoms with Crippen LogP contribution >= 0.6 is 0 Å². The molecule has 2 heterocycles. The maximum Gasteiger partial charge on any atom is 0.271 e. The molecule has 3 aliphatic carbocycles. The van der Waals surface area contributed by atoms with Crippen LogP contribution in [0.3, 0.4) is 0 Å². The second-order valence-corrected chi connectivity index (χ2v) is 9.96. The number of aliphatic hydroxyl groups is 1. The first-order chi connectivity index (χ1) is 16.7. The number of carbonyl (C=O) groups is 2. The van der Waals surface area contributed by atoms with E-state index in [2.05, 4.69) is 15.6 Å². The number of rotatable bonds is 6. The van der Waals surface area contributed by atoms with Crippen LogP contribution in [-0.4, -0.2) is 50.1 Å². The molecular formula is C26H29FN4O4. The summed E-state index contributed by atoms with van der Waals surface area (Å²) in [6.45, 7) is 3.36. The average molecular weight is 481 g/mol. The number of nitrogens with zero attached hydrogens (tertiary/aromatic N) is 2. The first-order valence-corrected chi connectivity index (χ1v) is 11.8. The summed E-state index contributed by atoms with van der Waals surface area (Å²) >= 11 is 0. The number of ether oxygens (including phenoxy) is 1. The molecule has 3 aromatic rings. The molecule has 6 rings (SSSR count). The predicted octanol–water partition coefficient (Wildman–Crippen LogP) is 2.83. The van der Waals surface area contributed by atoms with Gasteiger partial charge in [-0.15, -0.1) is 0 Å². The van der Waals surface area contributed by atoms with E-state index in [-0.39, 0.29) is 24.2 Å². The first kappa shape index (κ1) is 23.3. The van der Waals surface area contributed by atoms with E-state index in [0.717, 1.165) is 5.56 Å². The zero-order chi connectivity index (χ0) is 24.8. The Morgan fingerprint density at radius 1 is 1.14 bits per heavy atom. The summed E-state index contributed by atoms with van der Waals surface area (Å²) in [5.41, 5.74) is 1.30. The molecule has 8 nitrogen and oxygen atoms in total. The van der Waals surface area contributed by atoms with Crippen molar-refractivity contribution in [2.45, 2.75) is 63.1 Å². The van der Waals surface area contributed by atoms with Gasteiger partial charge in [0.05, 0.1) is 11.6 Å². The van der Waals surface area contributed by atoms with Crippen molar-refractivity contribution in [2.24, 2.45) is 0 Å². The molecule has 1 unspecified atom stereocenters. The summed E-state index contributed by atoms with van der Waals surface area (Å²) in [4.78, 5) is 30.0. The number of hydrogen-bond donors (Lipinski definition) is 3. The van der Waals surface area contributed by atoms with E-state index in [4.69, 9.17) is 4.74 Å². The van der Waals surface area contributed by atoms with Gasteiger partial charge in [0, 0.05) is 24.0 Å². The molecule has 3 N–H and O–H groups in total. The molecule has 1 aromatic carbocycles. The number of nitrogens with one attached hydrogen (secondary N) is 2. The van der Waals surface area contributed by atoms with Gasteiger partial charge in [0.25, 0.3) is 11.8 Å². The van der Waals surface area contributed by atoms with Crippen LogP contribution in [0.5, 0.6) is 5.75 Å². The number of pyridine rings is 1. The Morgan fingerprint density at radius 2 is 1.91 bits per heavy atom. The van der Waals surface area contributed by atoms with Crippen molar-refractivity contribution in [3.05, 3.63) is 65.4 Å². The third-order valence-electron chi connectivity index (χ3n) is 7.43. The molecule has 3 aliphatic rings. The van der Waals surface area contributed by atoms with Crippen LogP contribution in [-0.2, 0) is 4.79 Å². The van der Waals surface area contributed by atoms with Crippen molar-refractivity contribution < 1.29 is 23.8 Å². The quantitative estimate of drug-likeness (QED) is 0.503. The Bertz CT molecular complexity index is 1300. The van der Waals surface area contributed by atoms with Crippen LogP contribution in [0.15, 0.2) is 42.7 Å². The summed E-state index contributed by atoms with van der Waals surface area (Å²) in [7, 11) is 0. The van der Waals surface area contributed by atoms with Crippen molar-refractivity contribution >= 4 is 17.5 Å². The van der Waals surface area contributed by atoms with E-state index in [1.165, 1.54) is 6.07 Å². The zero-order valence-electron chi connectivity index (χ0n) is 19.8. The van der Waals surface area contributed by atoms with Crippen LogP contribution in [0.4, 0.5) is 4.39 Å². The number of carbonyl (C=O) groups excluding carboxylic acids is 2. The SMILES string of the molecule is Cc1ccc2nc(C(=O)NC34CCC(NC(=O)COc5ccc(C)c(F)c5)(CC3)C(O)C4)cn2c1. The third kappa shape index (κ3) is 4.48. The Labute approximate surface area is 202 Å². The zero-order valence-corrected chi connectivity index (χ0v) is 19.8. The van der Waals surface area contributed by atoms with Gasteiger partial charge in [-0.1, -0.05) is 12.1 Å². The number of aromatic nitrogens is 2. The van der Waals surface area contributed by atoms with Gasteiger partial charge < -0.3 is 24.9 Å². The lowest BCUT2D eigenvalue weighted by molar-refractivity contribution is -0.132. The number of fused-ring (bicyclic) bond motifs is 4. The van der Waals surface area contributed by atoms with Crippen LogP contribution in [0.2, 0.25) is 0 Å². The lowest BCUT2D eigenvalue weighted by atomic mass is 9.60. The molecule has 3 saturated carbocycles. The highest BCUT2D eigenvalue weighted by molar-refractivity contribution is 5.93. The van der Waals surface area contributed by atoms with Gasteiger partial charge in [0.15, 0.2) is 6.61 Å². The highest BCUT2D eigenvalue weighted by atomic mass is 19.1. The van der Waals surface area contributed by atoms with Gasteiger partial charge in [-0.25, -0.2) is 9.37 Å². The summed E-state index contributed by atoms with van der Waals surface area (Å²) in [6, 6.07) is 8.26. The van der Waals surface area contributed by atoms with Crippen LogP contribution in [0.1, 0.15) is 53.7 Å². The number of amides is 2. The number of aryl methyl sites for hydroxylation is 2. The van der Waals surface area contributed by atoms with Crippen molar-refractivity contribution in [3.8, 4) is 5.75 Å². The standard InChI is InChI=1S/C26H29FN4O4/c1-16-3-6-22-28-20(14-31(22)13-16)24(34)30-25-7-9-26(10-8-25,21(32)12-25)29-23(33)15-35-18-5-4-17(2)19(27)11-18/h3-6,11,13-14,21,32H,7-10,12,15H2,1-2H3,(H,29,33)(H,30,34). The molecule has 2 aromatic heterocycles. The second kappa shape index (κ2) is 8.64. The fourth-order valence-corrected chi connectivity index (χ4v) is 5.31. The topological polar surface area (TPSA) is 105 Å². The average Bonchev–Trinajstić information content (AvgIpc) is 3.24. The number of halogens is 1. The molecule has 0 saturated heterocycles. The van der Waals surface area contributed by atoms with Crippen molar-refractivity contribution in [2.75, 3.05) is 6.61 Å². The highest BCUT2D eigenvalue weighted by Crippen LogP contribution is 2.47. The van der Waals surface area contributed by atoms with Gasteiger partial charge in [0.1, 0.15) is 22.9 Å². The molecule has 2 amide bonds. The van der Waals surface area contributed by atoms with E-state index in [9.17, 15) is 19.1 Å². The minimum absolute atomic E-state index is 0.268. The number of imidazole rings is 1. The van der Waals surface area contributed by atoms with Crippen LogP contribution in [0.25, 0.3) is 5.65 Å². The van der Waals surface area contributed by atoms with Crippen LogP contribution < -0.4 is 15.4 Å². The summed E-state index contributed by atoms with van der Waals surface area (Å²) in [6.07, 6.45) is 5.48. The first-order valence-electron chi connectivity index (χ1n) is 11.8. The van der Waals surface area contributed by atoms with E-state index in [1.54, 1.807) is 25.3 Å². The lowest BCUT2D eigenvalue weighted by Crippen LogP contribution is -2.70. The number of benzene rings is 1. The van der Waals surface area contributed by atoms with E-state index >= 15 is 0 Å². The second-order valence-electron chi connectivity index (χ2n) is 9.96. The van der Waals surface area contributed by atoms with E-state index < -0.39 is 23.0 Å². The molecule has 184 valence electrons. The van der Waals surface area contributed by atoms with Crippen molar-refractivity contribution in [1.82, 2.24) is 20.0 Å². The summed E-state index contributed by atoms with van der Waals surface area (Å²) in [5, 5.41) is 17.0. The molecule has 9 heteroatoms. The third-order valence-corrected chi connectivity index (χ3v) is 7.43. The van der Waals surface area contributed by atoms with Crippen LogP contribution in [0, 0.1) is 19.7 Å². The summed E-state index contributed by atoms with van der Waals surface area (Å²) < 4.78 is 21.0. The predicted molar refractivity (Wildman–Crippen MR) is 127 cm³/mol. The molecular weight excluding hydrogens is 451 g/mol. The Balaban J connectivity index is 1.20.